The molecule has 0 fully saturated rings. The SMILES string of the molecule is C=C1/C=C\C=C/N(c2ccccc2)c2cc(-c3ccc4c(c3)c3ccccc3n4-c3ccccc3)ccc21. The molecule has 0 amide bonds. The Morgan fingerprint density at radius 3 is 2.00 bits per heavy atom. The first-order valence-electron chi connectivity index (χ1n) is 12.9. The molecule has 1 aromatic heterocycles. The van der Waals surface area contributed by atoms with Crippen LogP contribution in [0.25, 0.3) is 44.2 Å². The molecule has 0 spiro atoms. The van der Waals surface area contributed by atoms with Crippen LogP contribution in [0.4, 0.5) is 11.4 Å². The summed E-state index contributed by atoms with van der Waals surface area (Å²) in [6, 6.07) is 43.3. The van der Waals surface area contributed by atoms with Crippen LogP contribution in [-0.4, -0.2) is 4.57 Å². The Kier molecular flexibility index (Phi) is 5.30. The number of rotatable bonds is 3. The van der Waals surface area contributed by atoms with Crippen molar-refractivity contribution in [3.63, 3.8) is 0 Å². The zero-order valence-corrected chi connectivity index (χ0v) is 21.0. The number of hydrogen-bond donors (Lipinski definition) is 0. The first kappa shape index (κ1) is 22.1. The lowest BCUT2D eigenvalue weighted by molar-refractivity contribution is 1.18. The third kappa shape index (κ3) is 3.66. The lowest BCUT2D eigenvalue weighted by atomic mass is 9.96. The monoisotopic (exact) mass is 486 g/mol. The molecule has 0 N–H and O–H groups in total. The van der Waals surface area contributed by atoms with E-state index in [9.17, 15) is 0 Å². The Morgan fingerprint density at radius 2 is 1.18 bits per heavy atom. The second kappa shape index (κ2) is 9.10. The van der Waals surface area contributed by atoms with Gasteiger partial charge in [-0.1, -0.05) is 91.5 Å². The second-order valence-corrected chi connectivity index (χ2v) is 9.58. The first-order valence-corrected chi connectivity index (χ1v) is 12.9. The van der Waals surface area contributed by atoms with Crippen molar-refractivity contribution >= 4 is 38.8 Å². The molecule has 0 radical (unpaired) electrons. The molecular weight excluding hydrogens is 460 g/mol. The Hall–Kier alpha value is -5.08. The van der Waals surface area contributed by atoms with Gasteiger partial charge in [0.25, 0.3) is 0 Å². The minimum atomic E-state index is 0.998. The van der Waals surface area contributed by atoms with E-state index in [2.05, 4.69) is 156 Å². The van der Waals surface area contributed by atoms with Crippen LogP contribution in [0, 0.1) is 0 Å². The third-order valence-corrected chi connectivity index (χ3v) is 7.30. The van der Waals surface area contributed by atoms with Crippen molar-refractivity contribution in [1.29, 1.82) is 0 Å². The molecule has 7 rings (SSSR count). The molecule has 2 heteroatoms. The lowest BCUT2D eigenvalue weighted by Gasteiger charge is -2.26. The maximum absolute atomic E-state index is 4.34. The number of anilines is 2. The van der Waals surface area contributed by atoms with Crippen LogP contribution in [0.15, 0.2) is 152 Å². The Bertz CT molecular complexity index is 1870. The maximum atomic E-state index is 4.34. The summed E-state index contributed by atoms with van der Waals surface area (Å²) in [5, 5.41) is 2.51. The molecular formula is C36H26N2. The lowest BCUT2D eigenvalue weighted by Crippen LogP contribution is -2.11. The number of hydrogen-bond acceptors (Lipinski definition) is 1. The number of para-hydroxylation sites is 3. The molecule has 2 nitrogen and oxygen atoms in total. The van der Waals surface area contributed by atoms with Crippen molar-refractivity contribution in [2.75, 3.05) is 4.90 Å². The molecule has 0 saturated heterocycles. The van der Waals surface area contributed by atoms with Crippen LogP contribution in [0.1, 0.15) is 5.56 Å². The highest BCUT2D eigenvalue weighted by molar-refractivity contribution is 6.10. The van der Waals surface area contributed by atoms with Crippen molar-refractivity contribution in [3.8, 4) is 16.8 Å². The van der Waals surface area contributed by atoms with Gasteiger partial charge in [-0.05, 0) is 71.3 Å². The van der Waals surface area contributed by atoms with E-state index in [1.54, 1.807) is 0 Å². The van der Waals surface area contributed by atoms with Gasteiger partial charge in [0.15, 0.2) is 0 Å². The van der Waals surface area contributed by atoms with E-state index < -0.39 is 0 Å². The summed E-state index contributed by atoms with van der Waals surface area (Å²) in [5.41, 5.74) is 10.3. The van der Waals surface area contributed by atoms with E-state index in [1.807, 2.05) is 6.08 Å². The van der Waals surface area contributed by atoms with E-state index >= 15 is 0 Å². The van der Waals surface area contributed by atoms with Gasteiger partial charge in [-0.25, -0.2) is 0 Å². The van der Waals surface area contributed by atoms with E-state index in [4.69, 9.17) is 0 Å². The summed E-state index contributed by atoms with van der Waals surface area (Å²) in [4.78, 5) is 2.24. The van der Waals surface area contributed by atoms with Gasteiger partial charge in [0.1, 0.15) is 0 Å². The van der Waals surface area contributed by atoms with Crippen molar-refractivity contribution in [2.24, 2.45) is 0 Å². The summed E-state index contributed by atoms with van der Waals surface area (Å²) >= 11 is 0. The molecule has 0 unspecified atom stereocenters. The van der Waals surface area contributed by atoms with Gasteiger partial charge in [0.05, 0.1) is 16.7 Å². The fourth-order valence-electron chi connectivity index (χ4n) is 5.48. The average molecular weight is 487 g/mol. The van der Waals surface area contributed by atoms with Crippen molar-refractivity contribution in [2.45, 2.75) is 0 Å². The third-order valence-electron chi connectivity index (χ3n) is 7.30. The van der Waals surface area contributed by atoms with Crippen LogP contribution in [0.2, 0.25) is 0 Å². The molecule has 0 saturated carbocycles. The highest BCUT2D eigenvalue weighted by atomic mass is 15.1. The highest BCUT2D eigenvalue weighted by Crippen LogP contribution is 2.39. The fraction of sp³-hybridized carbons (Fsp3) is 0. The largest absolute Gasteiger partial charge is 0.317 e. The molecule has 5 aromatic carbocycles. The number of benzene rings is 5. The Balaban J connectivity index is 1.42. The zero-order chi connectivity index (χ0) is 25.5. The smallest absolute Gasteiger partial charge is 0.0541 e. The Morgan fingerprint density at radius 1 is 0.526 bits per heavy atom. The minimum absolute atomic E-state index is 0.998. The summed E-state index contributed by atoms with van der Waals surface area (Å²) in [7, 11) is 0. The van der Waals surface area contributed by atoms with Gasteiger partial charge in [0, 0.05) is 33.9 Å². The summed E-state index contributed by atoms with van der Waals surface area (Å²) in [6.07, 6.45) is 8.31. The predicted molar refractivity (Wildman–Crippen MR) is 162 cm³/mol. The molecule has 180 valence electrons. The van der Waals surface area contributed by atoms with Crippen LogP contribution < -0.4 is 4.90 Å². The Labute approximate surface area is 222 Å². The van der Waals surface area contributed by atoms with Gasteiger partial charge in [-0.3, -0.25) is 0 Å². The minimum Gasteiger partial charge on any atom is -0.317 e. The van der Waals surface area contributed by atoms with Gasteiger partial charge >= 0.3 is 0 Å². The van der Waals surface area contributed by atoms with E-state index in [0.717, 1.165) is 22.5 Å². The van der Waals surface area contributed by atoms with Crippen molar-refractivity contribution < 1.29 is 0 Å². The van der Waals surface area contributed by atoms with Gasteiger partial charge < -0.3 is 9.47 Å². The second-order valence-electron chi connectivity index (χ2n) is 9.58. The van der Waals surface area contributed by atoms with Crippen molar-refractivity contribution in [3.05, 3.63) is 158 Å². The number of nitrogens with zero attached hydrogens (tertiary/aromatic N) is 2. The molecule has 6 aromatic rings. The highest BCUT2D eigenvalue weighted by Gasteiger charge is 2.17. The van der Waals surface area contributed by atoms with Crippen LogP contribution >= 0.6 is 0 Å². The average Bonchev–Trinajstić information content (AvgIpc) is 3.30. The standard InChI is InChI=1S/C36H26N2/c1-26-12-10-11-23-37(29-13-4-2-5-14-29)36-25-28(19-21-31(26)36)27-20-22-35-33(24-27)32-17-8-9-18-34(32)38(35)30-15-6-3-7-16-30/h2-25H,1H2/b12-10-,23-11-. The van der Waals surface area contributed by atoms with Gasteiger partial charge in [-0.2, -0.15) is 0 Å². The molecule has 1 aliphatic heterocycles. The summed E-state index contributed by atoms with van der Waals surface area (Å²) < 4.78 is 2.35. The van der Waals surface area contributed by atoms with Crippen molar-refractivity contribution in [1.82, 2.24) is 4.57 Å². The first-order chi connectivity index (χ1) is 18.8. The number of fused-ring (bicyclic) bond motifs is 4. The summed E-state index contributed by atoms with van der Waals surface area (Å²) in [5.74, 6) is 0. The van der Waals surface area contributed by atoms with Crippen LogP contribution in [0.5, 0.6) is 0 Å². The number of allylic oxidation sites excluding steroid dienone is 4. The topological polar surface area (TPSA) is 8.17 Å². The molecule has 38 heavy (non-hydrogen) atoms. The molecule has 2 heterocycles. The maximum Gasteiger partial charge on any atom is 0.0541 e. The van der Waals surface area contributed by atoms with Crippen LogP contribution in [0.3, 0.4) is 0 Å². The van der Waals surface area contributed by atoms with Crippen LogP contribution in [-0.2, 0) is 0 Å². The van der Waals surface area contributed by atoms with Gasteiger partial charge in [0.2, 0.25) is 0 Å². The summed E-state index contributed by atoms with van der Waals surface area (Å²) in [6.45, 7) is 4.34. The molecule has 0 bridgehead atoms. The van der Waals surface area contributed by atoms with E-state index in [0.29, 0.717) is 0 Å². The predicted octanol–water partition coefficient (Wildman–Crippen LogP) is 9.69. The van der Waals surface area contributed by atoms with E-state index in [-0.39, 0.29) is 0 Å². The van der Waals surface area contributed by atoms with Gasteiger partial charge in [-0.15, -0.1) is 0 Å². The molecule has 0 aliphatic carbocycles. The normalized spacial score (nSPS) is 14.7. The zero-order valence-electron chi connectivity index (χ0n) is 21.0. The quantitative estimate of drug-likeness (QED) is 0.242. The fourth-order valence-corrected chi connectivity index (χ4v) is 5.48. The van der Waals surface area contributed by atoms with E-state index in [1.165, 1.54) is 38.6 Å². The number of aromatic nitrogens is 1. The molecule has 1 aliphatic rings. The molecule has 0 atom stereocenters.